The molecule has 0 spiro atoms. The molecular formula is C16H20N4O. The van der Waals surface area contributed by atoms with Crippen LogP contribution in [0.4, 0.5) is 4.79 Å². The Kier molecular flexibility index (Phi) is 4.01. The van der Waals surface area contributed by atoms with Crippen LogP contribution in [0, 0.1) is 0 Å². The number of carbonyl (C=O) groups excluding carboxylic acids is 1. The zero-order valence-corrected chi connectivity index (χ0v) is 12.0. The van der Waals surface area contributed by atoms with Gasteiger partial charge in [-0.2, -0.15) is 0 Å². The number of hydrogen-bond donors (Lipinski definition) is 1. The van der Waals surface area contributed by atoms with Crippen LogP contribution < -0.4 is 5.73 Å². The minimum atomic E-state index is -0.319. The average molecular weight is 284 g/mol. The highest BCUT2D eigenvalue weighted by Crippen LogP contribution is 2.14. The monoisotopic (exact) mass is 284 g/mol. The highest BCUT2D eigenvalue weighted by molar-refractivity contribution is 5.78. The molecule has 0 unspecified atom stereocenters. The molecule has 2 aromatic rings. The summed E-state index contributed by atoms with van der Waals surface area (Å²) >= 11 is 0. The van der Waals surface area contributed by atoms with Crippen molar-refractivity contribution in [1.82, 2.24) is 14.8 Å². The first-order valence-electron chi connectivity index (χ1n) is 7.34. The van der Waals surface area contributed by atoms with Crippen LogP contribution in [0.2, 0.25) is 0 Å². The van der Waals surface area contributed by atoms with Crippen molar-refractivity contribution in [2.75, 3.05) is 26.2 Å². The molecule has 5 heteroatoms. The minimum Gasteiger partial charge on any atom is -0.351 e. The molecule has 5 nitrogen and oxygen atoms in total. The molecule has 3 rings (SSSR count). The maximum absolute atomic E-state index is 11.2. The number of aromatic nitrogens is 1. The Morgan fingerprint density at radius 2 is 1.95 bits per heavy atom. The van der Waals surface area contributed by atoms with Crippen molar-refractivity contribution < 1.29 is 4.79 Å². The number of hydrogen-bond acceptors (Lipinski definition) is 3. The zero-order valence-electron chi connectivity index (χ0n) is 12.0. The SMILES string of the molecule is NC(=O)N1CCCN(Cc2ccc3ccccc3n2)CC1. The van der Waals surface area contributed by atoms with E-state index in [2.05, 4.69) is 23.1 Å². The van der Waals surface area contributed by atoms with Gasteiger partial charge in [0, 0.05) is 38.1 Å². The highest BCUT2D eigenvalue weighted by Gasteiger charge is 2.17. The van der Waals surface area contributed by atoms with Gasteiger partial charge >= 0.3 is 6.03 Å². The molecule has 0 atom stereocenters. The number of nitrogens with zero attached hydrogens (tertiary/aromatic N) is 3. The number of carbonyl (C=O) groups is 1. The summed E-state index contributed by atoms with van der Waals surface area (Å²) in [5.41, 5.74) is 7.45. The van der Waals surface area contributed by atoms with E-state index in [4.69, 9.17) is 10.7 Å². The van der Waals surface area contributed by atoms with E-state index in [1.165, 1.54) is 0 Å². The van der Waals surface area contributed by atoms with Crippen molar-refractivity contribution in [3.05, 3.63) is 42.1 Å². The van der Waals surface area contributed by atoms with Crippen LogP contribution in [0.5, 0.6) is 0 Å². The Hall–Kier alpha value is -2.14. The third-order valence-corrected chi connectivity index (χ3v) is 3.94. The van der Waals surface area contributed by atoms with Gasteiger partial charge < -0.3 is 10.6 Å². The smallest absolute Gasteiger partial charge is 0.314 e. The lowest BCUT2D eigenvalue weighted by Gasteiger charge is -2.20. The zero-order chi connectivity index (χ0) is 14.7. The number of nitrogens with two attached hydrogens (primary N) is 1. The summed E-state index contributed by atoms with van der Waals surface area (Å²) in [5, 5.41) is 1.16. The van der Waals surface area contributed by atoms with Gasteiger partial charge in [-0.1, -0.05) is 24.3 Å². The van der Waals surface area contributed by atoms with Crippen LogP contribution in [0.25, 0.3) is 10.9 Å². The lowest BCUT2D eigenvalue weighted by atomic mass is 10.2. The Morgan fingerprint density at radius 1 is 1.10 bits per heavy atom. The Labute approximate surface area is 124 Å². The first kappa shape index (κ1) is 13.8. The molecule has 1 fully saturated rings. The number of benzene rings is 1. The molecule has 21 heavy (non-hydrogen) atoms. The van der Waals surface area contributed by atoms with Crippen LogP contribution >= 0.6 is 0 Å². The van der Waals surface area contributed by atoms with Gasteiger partial charge in [-0.05, 0) is 18.6 Å². The molecule has 1 aromatic heterocycles. The van der Waals surface area contributed by atoms with Crippen molar-refractivity contribution >= 4 is 16.9 Å². The molecule has 2 amide bonds. The molecule has 1 aromatic carbocycles. The molecule has 0 saturated carbocycles. The predicted molar refractivity (Wildman–Crippen MR) is 82.8 cm³/mol. The second kappa shape index (κ2) is 6.10. The van der Waals surface area contributed by atoms with Crippen LogP contribution in [0.1, 0.15) is 12.1 Å². The van der Waals surface area contributed by atoms with Gasteiger partial charge in [0.25, 0.3) is 0 Å². The van der Waals surface area contributed by atoms with Gasteiger partial charge in [-0.15, -0.1) is 0 Å². The number of pyridine rings is 1. The summed E-state index contributed by atoms with van der Waals surface area (Å²) in [7, 11) is 0. The predicted octanol–water partition coefficient (Wildman–Crippen LogP) is 1.82. The van der Waals surface area contributed by atoms with E-state index < -0.39 is 0 Å². The fraction of sp³-hybridized carbons (Fsp3) is 0.375. The fourth-order valence-corrected chi connectivity index (χ4v) is 2.77. The number of amides is 2. The third-order valence-electron chi connectivity index (χ3n) is 3.94. The molecule has 1 saturated heterocycles. The Morgan fingerprint density at radius 3 is 2.81 bits per heavy atom. The van der Waals surface area contributed by atoms with Crippen molar-refractivity contribution in [1.29, 1.82) is 0 Å². The molecule has 0 aliphatic carbocycles. The first-order valence-corrected chi connectivity index (χ1v) is 7.34. The summed E-state index contributed by atoms with van der Waals surface area (Å²) in [6, 6.07) is 12.0. The summed E-state index contributed by atoms with van der Waals surface area (Å²) in [4.78, 5) is 20.0. The van der Waals surface area contributed by atoms with Gasteiger partial charge in [0.05, 0.1) is 11.2 Å². The molecular weight excluding hydrogens is 264 g/mol. The number of para-hydroxylation sites is 1. The van der Waals surface area contributed by atoms with Gasteiger partial charge in [-0.25, -0.2) is 4.79 Å². The third kappa shape index (κ3) is 3.31. The van der Waals surface area contributed by atoms with E-state index in [1.54, 1.807) is 4.90 Å². The molecule has 0 bridgehead atoms. The van der Waals surface area contributed by atoms with E-state index in [9.17, 15) is 4.79 Å². The van der Waals surface area contributed by atoms with Gasteiger partial charge in [0.15, 0.2) is 0 Å². The number of rotatable bonds is 2. The van der Waals surface area contributed by atoms with E-state index >= 15 is 0 Å². The lowest BCUT2D eigenvalue weighted by molar-refractivity contribution is 0.207. The highest BCUT2D eigenvalue weighted by atomic mass is 16.2. The molecule has 1 aliphatic heterocycles. The summed E-state index contributed by atoms with van der Waals surface area (Å²) in [6.07, 6.45) is 0.955. The van der Waals surface area contributed by atoms with Gasteiger partial charge in [0.2, 0.25) is 0 Å². The van der Waals surface area contributed by atoms with E-state index in [1.807, 2.05) is 18.2 Å². The quantitative estimate of drug-likeness (QED) is 0.915. The van der Waals surface area contributed by atoms with Crippen molar-refractivity contribution in [2.24, 2.45) is 5.73 Å². The molecule has 0 radical (unpaired) electrons. The second-order valence-corrected chi connectivity index (χ2v) is 5.45. The normalized spacial score (nSPS) is 16.9. The average Bonchev–Trinajstić information content (AvgIpc) is 2.73. The summed E-state index contributed by atoms with van der Waals surface area (Å²) in [5.74, 6) is 0. The van der Waals surface area contributed by atoms with Gasteiger partial charge in [-0.3, -0.25) is 9.88 Å². The molecule has 2 N–H and O–H groups in total. The summed E-state index contributed by atoms with van der Waals surface area (Å²) < 4.78 is 0. The Bertz CT molecular complexity index is 643. The van der Waals surface area contributed by atoms with Crippen LogP contribution in [-0.4, -0.2) is 47.0 Å². The van der Waals surface area contributed by atoms with E-state index in [0.29, 0.717) is 6.54 Å². The lowest BCUT2D eigenvalue weighted by Crippen LogP contribution is -2.38. The standard InChI is InChI=1S/C16H20N4O/c17-16(21)20-9-3-8-19(10-11-20)12-14-7-6-13-4-1-2-5-15(13)18-14/h1-2,4-7H,3,8-12H2,(H2,17,21). The van der Waals surface area contributed by atoms with Crippen LogP contribution in [0.15, 0.2) is 36.4 Å². The van der Waals surface area contributed by atoms with Crippen LogP contribution in [-0.2, 0) is 6.54 Å². The number of fused-ring (bicyclic) bond motifs is 1. The van der Waals surface area contributed by atoms with E-state index in [-0.39, 0.29) is 6.03 Å². The number of urea groups is 1. The fourth-order valence-electron chi connectivity index (χ4n) is 2.77. The molecule has 110 valence electrons. The van der Waals surface area contributed by atoms with Crippen molar-refractivity contribution in [3.63, 3.8) is 0 Å². The van der Waals surface area contributed by atoms with Gasteiger partial charge in [0.1, 0.15) is 0 Å². The van der Waals surface area contributed by atoms with Crippen molar-refractivity contribution in [2.45, 2.75) is 13.0 Å². The topological polar surface area (TPSA) is 62.5 Å². The van der Waals surface area contributed by atoms with Crippen LogP contribution in [0.3, 0.4) is 0 Å². The first-order chi connectivity index (χ1) is 10.2. The number of primary amides is 1. The van der Waals surface area contributed by atoms with E-state index in [0.717, 1.165) is 49.2 Å². The maximum atomic E-state index is 11.2. The largest absolute Gasteiger partial charge is 0.351 e. The molecule has 1 aliphatic rings. The summed E-state index contributed by atoms with van der Waals surface area (Å²) in [6.45, 7) is 4.08. The molecule has 2 heterocycles. The second-order valence-electron chi connectivity index (χ2n) is 5.45. The maximum Gasteiger partial charge on any atom is 0.314 e. The minimum absolute atomic E-state index is 0.319. The van der Waals surface area contributed by atoms with Crippen molar-refractivity contribution in [3.8, 4) is 0 Å². The Balaban J connectivity index is 1.68.